The van der Waals surface area contributed by atoms with Crippen LogP contribution in [0.2, 0.25) is 0 Å². The molecule has 2 aliphatic heterocycles. The van der Waals surface area contributed by atoms with Crippen molar-refractivity contribution in [2.45, 2.75) is 19.4 Å². The zero-order valence-electron chi connectivity index (χ0n) is 17.1. The van der Waals surface area contributed by atoms with E-state index in [0.717, 1.165) is 39.3 Å². The largest absolute Gasteiger partial charge is 0.464 e. The molecule has 7 nitrogen and oxygen atoms in total. The van der Waals surface area contributed by atoms with Crippen molar-refractivity contribution in [1.82, 2.24) is 4.90 Å². The van der Waals surface area contributed by atoms with Crippen LogP contribution in [-0.4, -0.2) is 61.8 Å². The first-order valence-electron chi connectivity index (χ1n) is 10.5. The van der Waals surface area contributed by atoms with Crippen molar-refractivity contribution >= 4 is 17.5 Å². The Hall–Kier alpha value is -2.77. The molecule has 0 aliphatic carbocycles. The van der Waals surface area contributed by atoms with E-state index in [9.17, 15) is 14.4 Å². The van der Waals surface area contributed by atoms with Crippen molar-refractivity contribution in [2.75, 3.05) is 39.4 Å². The predicted octanol–water partition coefficient (Wildman–Crippen LogP) is 0.845. The molecule has 1 aromatic heterocycles. The number of hydrogen-bond donors (Lipinski definition) is 1. The minimum Gasteiger partial charge on any atom is -0.464 e. The van der Waals surface area contributed by atoms with Gasteiger partial charge in [0.25, 0.3) is 5.91 Å². The number of nitrogens with one attached hydrogen (secondary N) is 1. The second-order valence-corrected chi connectivity index (χ2v) is 7.93. The number of hydrogen-bond acceptors (Lipinski definition) is 5. The maximum atomic E-state index is 13.2. The van der Waals surface area contributed by atoms with Gasteiger partial charge in [0, 0.05) is 18.5 Å². The highest BCUT2D eigenvalue weighted by molar-refractivity contribution is 6.44. The highest BCUT2D eigenvalue weighted by Gasteiger charge is 2.52. The van der Waals surface area contributed by atoms with Gasteiger partial charge in [0.05, 0.1) is 19.8 Å². The lowest BCUT2D eigenvalue weighted by Gasteiger charge is -2.27. The average molecular weight is 411 g/mol. The molecule has 158 valence electrons. The molecule has 0 spiro atoms. The number of ketones is 2. The molecule has 3 heterocycles. The van der Waals surface area contributed by atoms with E-state index in [4.69, 9.17) is 9.15 Å². The van der Waals surface area contributed by atoms with Crippen LogP contribution < -0.4 is 4.90 Å². The molecule has 2 fully saturated rings. The van der Waals surface area contributed by atoms with Crippen molar-refractivity contribution < 1.29 is 28.4 Å². The van der Waals surface area contributed by atoms with Crippen LogP contribution in [0, 0.1) is 12.8 Å². The van der Waals surface area contributed by atoms with Crippen LogP contribution in [0.5, 0.6) is 0 Å². The van der Waals surface area contributed by atoms with Crippen LogP contribution >= 0.6 is 0 Å². The first-order valence-corrected chi connectivity index (χ1v) is 10.5. The summed E-state index contributed by atoms with van der Waals surface area (Å²) in [5, 5.41) is 0. The number of ether oxygens (including phenoxy) is 1. The quantitative estimate of drug-likeness (QED) is 0.415. The molecule has 0 bridgehead atoms. The van der Waals surface area contributed by atoms with Crippen LogP contribution in [0.1, 0.15) is 34.3 Å². The van der Waals surface area contributed by atoms with Gasteiger partial charge in [-0.3, -0.25) is 14.4 Å². The van der Waals surface area contributed by atoms with Gasteiger partial charge in [0.15, 0.2) is 5.78 Å². The summed E-state index contributed by atoms with van der Waals surface area (Å²) >= 11 is 0. The number of quaternary nitrogens is 1. The van der Waals surface area contributed by atoms with E-state index in [1.165, 1.54) is 9.80 Å². The lowest BCUT2D eigenvalue weighted by atomic mass is 9.89. The number of morpholine rings is 1. The Morgan fingerprint density at radius 3 is 2.50 bits per heavy atom. The molecule has 0 saturated carbocycles. The molecule has 30 heavy (non-hydrogen) atoms. The van der Waals surface area contributed by atoms with Gasteiger partial charge in [0.1, 0.15) is 36.6 Å². The summed E-state index contributed by atoms with van der Waals surface area (Å²) in [7, 11) is 0. The second kappa shape index (κ2) is 8.93. The molecule has 1 N–H and O–H groups in total. The number of likely N-dealkylation sites (tertiary alicyclic amines) is 1. The fraction of sp³-hybridized carbons (Fsp3) is 0.435. The van der Waals surface area contributed by atoms with E-state index < -0.39 is 23.7 Å². The van der Waals surface area contributed by atoms with Crippen molar-refractivity contribution in [3.05, 3.63) is 59.5 Å². The minimum absolute atomic E-state index is 0.339. The number of nitrogens with zero attached hydrogens (tertiary/aromatic N) is 1. The van der Waals surface area contributed by atoms with E-state index in [2.05, 4.69) is 0 Å². The topological polar surface area (TPSA) is 81.3 Å². The number of Topliss-reactive ketones (excluding diaryl/α,β-unsaturated/α-hetero) is 2. The fourth-order valence-electron chi connectivity index (χ4n) is 4.35. The molecular formula is C23H27N2O5+. The monoisotopic (exact) mass is 411 g/mol. The van der Waals surface area contributed by atoms with Crippen molar-refractivity contribution in [2.24, 2.45) is 5.92 Å². The van der Waals surface area contributed by atoms with E-state index in [0.29, 0.717) is 23.6 Å². The Kier molecular flexibility index (Phi) is 6.11. The zero-order valence-corrected chi connectivity index (χ0v) is 17.1. The molecule has 4 rings (SSSR count). The maximum Gasteiger partial charge on any atom is 0.291 e. The third-order valence-corrected chi connectivity index (χ3v) is 5.93. The molecule has 2 unspecified atom stereocenters. The lowest BCUT2D eigenvalue weighted by molar-refractivity contribution is -0.908. The van der Waals surface area contributed by atoms with E-state index in [-0.39, 0.29) is 5.78 Å². The summed E-state index contributed by atoms with van der Waals surface area (Å²) < 4.78 is 11.2. The Morgan fingerprint density at radius 2 is 1.83 bits per heavy atom. The molecule has 2 aromatic rings. The normalized spacial score (nSPS) is 22.6. The van der Waals surface area contributed by atoms with Gasteiger partial charge < -0.3 is 19.0 Å². The minimum atomic E-state index is -1.08. The lowest BCUT2D eigenvalue weighted by Crippen LogP contribution is -3.14. The Morgan fingerprint density at radius 1 is 1.10 bits per heavy atom. The smallest absolute Gasteiger partial charge is 0.291 e. The van der Waals surface area contributed by atoms with Crippen LogP contribution in [0.15, 0.2) is 46.9 Å². The third-order valence-electron chi connectivity index (χ3n) is 5.93. The number of carbonyl (C=O) groups is 3. The van der Waals surface area contributed by atoms with Gasteiger partial charge in [-0.25, -0.2) is 0 Å². The van der Waals surface area contributed by atoms with Crippen molar-refractivity contribution in [3.8, 4) is 0 Å². The number of rotatable bonds is 7. The summed E-state index contributed by atoms with van der Waals surface area (Å²) in [4.78, 5) is 42.0. The summed E-state index contributed by atoms with van der Waals surface area (Å²) in [6.45, 7) is 6.51. The molecule has 0 radical (unpaired) electrons. The highest BCUT2D eigenvalue weighted by atomic mass is 16.5. The van der Waals surface area contributed by atoms with Crippen molar-refractivity contribution in [1.29, 1.82) is 0 Å². The Labute approximate surface area is 175 Å². The number of amides is 1. The second-order valence-electron chi connectivity index (χ2n) is 7.93. The zero-order chi connectivity index (χ0) is 21.1. The average Bonchev–Trinajstić information content (AvgIpc) is 3.31. The SMILES string of the molecule is Cc1ccc(C2C(C(=O)c3ccccc3)C(=O)C(=O)N2CCC[NH+]2CCOCC2)o1. The first-order chi connectivity index (χ1) is 14.6. The molecule has 7 heteroatoms. The van der Waals surface area contributed by atoms with Gasteiger partial charge >= 0.3 is 0 Å². The van der Waals surface area contributed by atoms with Crippen LogP contribution in [0.4, 0.5) is 0 Å². The molecule has 1 aromatic carbocycles. The van der Waals surface area contributed by atoms with E-state index >= 15 is 0 Å². The number of carbonyl (C=O) groups excluding carboxylic acids is 3. The third kappa shape index (κ3) is 4.08. The molecule has 1 amide bonds. The van der Waals surface area contributed by atoms with Crippen LogP contribution in [0.3, 0.4) is 0 Å². The summed E-state index contributed by atoms with van der Waals surface area (Å²) in [5.74, 6) is -1.50. The van der Waals surface area contributed by atoms with Gasteiger partial charge in [-0.2, -0.15) is 0 Å². The van der Waals surface area contributed by atoms with E-state index in [1.807, 2.05) is 13.0 Å². The van der Waals surface area contributed by atoms with Gasteiger partial charge in [-0.1, -0.05) is 30.3 Å². The number of aryl methyl sites for hydroxylation is 1. The molecule has 2 atom stereocenters. The first kappa shape index (κ1) is 20.5. The predicted molar refractivity (Wildman–Crippen MR) is 108 cm³/mol. The fourth-order valence-corrected chi connectivity index (χ4v) is 4.35. The summed E-state index contributed by atoms with van der Waals surface area (Å²) in [5.41, 5.74) is 0.427. The Bertz CT molecular complexity index is 917. The molecular weight excluding hydrogens is 384 g/mol. The molecule has 2 saturated heterocycles. The Balaban J connectivity index is 1.57. The van der Waals surface area contributed by atoms with Crippen LogP contribution in [0.25, 0.3) is 0 Å². The van der Waals surface area contributed by atoms with Crippen molar-refractivity contribution in [3.63, 3.8) is 0 Å². The number of furan rings is 1. The van der Waals surface area contributed by atoms with Gasteiger partial charge in [-0.05, 0) is 19.1 Å². The van der Waals surface area contributed by atoms with Crippen LogP contribution in [-0.2, 0) is 14.3 Å². The number of benzene rings is 1. The molecule has 2 aliphatic rings. The van der Waals surface area contributed by atoms with Gasteiger partial charge in [0.2, 0.25) is 5.78 Å². The standard InChI is InChI=1S/C23H26N2O5/c1-16-8-9-18(30-16)20-19(21(26)17-6-3-2-4-7-17)22(27)23(28)25(20)11-5-10-24-12-14-29-15-13-24/h2-4,6-9,19-20H,5,10-15H2,1H3/p+1. The van der Waals surface area contributed by atoms with E-state index in [1.54, 1.807) is 36.4 Å². The van der Waals surface area contributed by atoms with Gasteiger partial charge in [-0.15, -0.1) is 0 Å². The highest BCUT2D eigenvalue weighted by Crippen LogP contribution is 2.38. The maximum absolute atomic E-state index is 13.2. The summed E-state index contributed by atoms with van der Waals surface area (Å²) in [6.07, 6.45) is 0.747. The summed E-state index contributed by atoms with van der Waals surface area (Å²) in [6, 6.07) is 11.5.